The molecule has 1 amide bonds. The van der Waals surface area contributed by atoms with E-state index in [1.165, 1.54) is 16.8 Å². The monoisotopic (exact) mass is 422 g/mol. The zero-order valence-corrected chi connectivity index (χ0v) is 18.1. The van der Waals surface area contributed by atoms with E-state index >= 15 is 0 Å². The molecule has 1 saturated heterocycles. The van der Waals surface area contributed by atoms with E-state index in [4.69, 9.17) is 4.74 Å². The van der Waals surface area contributed by atoms with Gasteiger partial charge >= 0.3 is 5.97 Å². The van der Waals surface area contributed by atoms with E-state index in [0.717, 1.165) is 5.56 Å². The fourth-order valence-corrected chi connectivity index (χ4v) is 4.63. The second-order valence-electron chi connectivity index (χ2n) is 7.23. The highest BCUT2D eigenvalue weighted by Gasteiger charge is 2.32. The van der Waals surface area contributed by atoms with E-state index in [0.29, 0.717) is 39.0 Å². The summed E-state index contributed by atoms with van der Waals surface area (Å²) in [4.78, 5) is 26.1. The summed E-state index contributed by atoms with van der Waals surface area (Å²) in [5.41, 5.74) is 0.819. The normalized spacial score (nSPS) is 17.2. The molecule has 1 aliphatic rings. The molecule has 0 radical (unpaired) electrons. The summed E-state index contributed by atoms with van der Waals surface area (Å²) in [6, 6.07) is 9.25. The van der Waals surface area contributed by atoms with E-state index < -0.39 is 15.9 Å². The molecule has 160 valence electrons. The number of carbonyl (C=O) groups is 2. The highest BCUT2D eigenvalue weighted by molar-refractivity contribution is 7.92. The number of amides is 1. The minimum Gasteiger partial charge on any atom is -0.469 e. The van der Waals surface area contributed by atoms with Crippen LogP contribution in [0.3, 0.4) is 0 Å². The molecular weight excluding hydrogens is 392 g/mol. The summed E-state index contributed by atoms with van der Waals surface area (Å²) < 4.78 is 31.3. The Bertz CT molecular complexity index is 815. The number of benzene rings is 1. The van der Waals surface area contributed by atoms with E-state index in [2.05, 4.69) is 0 Å². The first kappa shape index (κ1) is 23.1. The third kappa shape index (κ3) is 6.40. The maximum absolute atomic E-state index is 12.8. The molecule has 1 aromatic carbocycles. The molecule has 1 fully saturated rings. The summed E-state index contributed by atoms with van der Waals surface area (Å²) >= 11 is 0. The van der Waals surface area contributed by atoms with Crippen molar-refractivity contribution in [3.8, 4) is 0 Å². The number of carbonyl (C=O) groups excluding carboxylic acids is 2. The largest absolute Gasteiger partial charge is 0.469 e. The van der Waals surface area contributed by atoms with Crippen LogP contribution < -0.4 is 0 Å². The van der Waals surface area contributed by atoms with Crippen LogP contribution in [0.2, 0.25) is 0 Å². The van der Waals surface area contributed by atoms with Gasteiger partial charge in [0.2, 0.25) is 15.9 Å². The predicted octanol–water partition coefficient (Wildman–Crippen LogP) is 2.36. The molecule has 0 N–H and O–H groups in total. The fraction of sp³-hybridized carbons (Fsp3) is 0.524. The van der Waals surface area contributed by atoms with Crippen molar-refractivity contribution < 1.29 is 22.7 Å². The first-order valence-corrected chi connectivity index (χ1v) is 11.4. The van der Waals surface area contributed by atoms with Gasteiger partial charge in [-0.05, 0) is 31.4 Å². The van der Waals surface area contributed by atoms with Crippen molar-refractivity contribution in [1.82, 2.24) is 9.21 Å². The Morgan fingerprint density at radius 1 is 1.24 bits per heavy atom. The Hall–Kier alpha value is -2.19. The van der Waals surface area contributed by atoms with Crippen LogP contribution in [-0.2, 0) is 24.3 Å². The standard InChI is InChI=1S/C21H30N2O5S/c1-4-22(16-17(2)21(25)28-3)20(24)19-10-13-23(14-11-19)29(26,27)15-12-18-8-6-5-7-9-18/h5-9,12,15,17,19H,4,10-11,13-14,16H2,1-3H3/b15-12+. The lowest BCUT2D eigenvalue weighted by Crippen LogP contribution is -2.45. The molecule has 1 heterocycles. The first-order valence-electron chi connectivity index (χ1n) is 9.88. The number of rotatable bonds is 8. The number of hydrogen-bond acceptors (Lipinski definition) is 5. The SMILES string of the molecule is CCN(CC(C)C(=O)OC)C(=O)C1CCN(S(=O)(=O)/C=C/c2ccccc2)CC1. The van der Waals surface area contributed by atoms with E-state index in [1.54, 1.807) is 17.9 Å². The third-order valence-electron chi connectivity index (χ3n) is 5.19. The smallest absolute Gasteiger partial charge is 0.310 e. The summed E-state index contributed by atoms with van der Waals surface area (Å²) in [6.45, 7) is 5.02. The second-order valence-corrected chi connectivity index (χ2v) is 9.05. The zero-order chi connectivity index (χ0) is 21.4. The Morgan fingerprint density at radius 2 is 1.86 bits per heavy atom. The zero-order valence-electron chi connectivity index (χ0n) is 17.3. The van der Waals surface area contributed by atoms with Gasteiger partial charge in [0.1, 0.15) is 0 Å². The van der Waals surface area contributed by atoms with Crippen molar-refractivity contribution in [2.24, 2.45) is 11.8 Å². The molecule has 1 unspecified atom stereocenters. The summed E-state index contributed by atoms with van der Waals surface area (Å²) in [6.07, 6.45) is 2.53. The molecule has 0 saturated carbocycles. The Labute approximate surface area is 173 Å². The number of esters is 1. The Balaban J connectivity index is 1.94. The van der Waals surface area contributed by atoms with Crippen LogP contribution in [0.1, 0.15) is 32.3 Å². The highest BCUT2D eigenvalue weighted by atomic mass is 32.2. The average Bonchev–Trinajstić information content (AvgIpc) is 2.75. The van der Waals surface area contributed by atoms with Gasteiger partial charge in [0, 0.05) is 37.5 Å². The lowest BCUT2D eigenvalue weighted by molar-refractivity contribution is -0.147. The van der Waals surface area contributed by atoms with Gasteiger partial charge in [-0.15, -0.1) is 0 Å². The van der Waals surface area contributed by atoms with Crippen LogP contribution in [0.15, 0.2) is 35.7 Å². The quantitative estimate of drug-likeness (QED) is 0.601. The van der Waals surface area contributed by atoms with Crippen LogP contribution in [0.5, 0.6) is 0 Å². The second kappa shape index (κ2) is 10.5. The maximum atomic E-state index is 12.8. The number of sulfonamides is 1. The van der Waals surface area contributed by atoms with Gasteiger partial charge in [0.15, 0.2) is 0 Å². The fourth-order valence-electron chi connectivity index (χ4n) is 3.41. The van der Waals surface area contributed by atoms with Crippen LogP contribution in [0.25, 0.3) is 6.08 Å². The molecule has 0 bridgehead atoms. The Kier molecular flexibility index (Phi) is 8.40. The van der Waals surface area contributed by atoms with E-state index in [9.17, 15) is 18.0 Å². The molecule has 29 heavy (non-hydrogen) atoms. The molecule has 0 spiro atoms. The maximum Gasteiger partial charge on any atom is 0.310 e. The van der Waals surface area contributed by atoms with Crippen molar-refractivity contribution in [2.45, 2.75) is 26.7 Å². The van der Waals surface area contributed by atoms with Crippen LogP contribution >= 0.6 is 0 Å². The third-order valence-corrected chi connectivity index (χ3v) is 6.75. The molecule has 1 aliphatic heterocycles. The number of nitrogens with zero attached hydrogens (tertiary/aromatic N) is 2. The Morgan fingerprint density at radius 3 is 2.41 bits per heavy atom. The van der Waals surface area contributed by atoms with Gasteiger partial charge in [-0.2, -0.15) is 4.31 Å². The molecule has 2 rings (SSSR count). The molecular formula is C21H30N2O5S. The highest BCUT2D eigenvalue weighted by Crippen LogP contribution is 2.23. The van der Waals surface area contributed by atoms with Gasteiger partial charge in [-0.25, -0.2) is 8.42 Å². The van der Waals surface area contributed by atoms with Gasteiger partial charge in [0.25, 0.3) is 0 Å². The summed E-state index contributed by atoms with van der Waals surface area (Å²) in [5, 5.41) is 1.22. The molecule has 8 heteroatoms. The van der Waals surface area contributed by atoms with Crippen LogP contribution in [0, 0.1) is 11.8 Å². The molecule has 7 nitrogen and oxygen atoms in total. The molecule has 1 atom stereocenters. The van der Waals surface area contributed by atoms with Crippen LogP contribution in [0.4, 0.5) is 0 Å². The van der Waals surface area contributed by atoms with Crippen molar-refractivity contribution in [3.63, 3.8) is 0 Å². The predicted molar refractivity (Wildman–Crippen MR) is 112 cm³/mol. The molecule has 0 aromatic heterocycles. The topological polar surface area (TPSA) is 84.0 Å². The van der Waals surface area contributed by atoms with E-state index in [-0.39, 0.29) is 17.8 Å². The first-order chi connectivity index (χ1) is 13.8. The summed E-state index contributed by atoms with van der Waals surface area (Å²) in [7, 11) is -2.19. The lowest BCUT2D eigenvalue weighted by atomic mass is 9.96. The van der Waals surface area contributed by atoms with Crippen molar-refractivity contribution in [2.75, 3.05) is 33.3 Å². The van der Waals surface area contributed by atoms with Crippen molar-refractivity contribution >= 4 is 28.0 Å². The van der Waals surface area contributed by atoms with Crippen molar-refractivity contribution in [3.05, 3.63) is 41.3 Å². The minimum absolute atomic E-state index is 0.0277. The molecule has 0 aliphatic carbocycles. The number of methoxy groups -OCH3 is 1. The van der Waals surface area contributed by atoms with Gasteiger partial charge in [0.05, 0.1) is 13.0 Å². The van der Waals surface area contributed by atoms with Crippen LogP contribution in [-0.4, -0.2) is 62.8 Å². The number of ether oxygens (including phenoxy) is 1. The summed E-state index contributed by atoms with van der Waals surface area (Å²) in [5.74, 6) is -1.00. The number of piperidine rings is 1. The molecule has 1 aromatic rings. The lowest BCUT2D eigenvalue weighted by Gasteiger charge is -2.33. The average molecular weight is 423 g/mol. The van der Waals surface area contributed by atoms with Gasteiger partial charge in [-0.1, -0.05) is 37.3 Å². The van der Waals surface area contributed by atoms with Gasteiger partial charge in [-0.3, -0.25) is 9.59 Å². The van der Waals surface area contributed by atoms with Crippen molar-refractivity contribution in [1.29, 1.82) is 0 Å². The van der Waals surface area contributed by atoms with Gasteiger partial charge < -0.3 is 9.64 Å². The van der Waals surface area contributed by atoms with E-state index in [1.807, 2.05) is 37.3 Å². The number of hydrogen-bond donors (Lipinski definition) is 0. The minimum atomic E-state index is -3.52.